The molecule has 0 atom stereocenters. The minimum Gasteiger partial charge on any atom is -0.482 e. The number of hydrogen-bond donors (Lipinski definition) is 1. The van der Waals surface area contributed by atoms with Crippen molar-refractivity contribution < 1.29 is 9.53 Å². The number of fused-ring (bicyclic) bond motifs is 1. The monoisotopic (exact) mass is 463 g/mol. The van der Waals surface area contributed by atoms with E-state index in [1.54, 1.807) is 11.3 Å². The van der Waals surface area contributed by atoms with Gasteiger partial charge in [-0.15, -0.1) is 11.3 Å². The van der Waals surface area contributed by atoms with Crippen LogP contribution in [0.5, 0.6) is 5.75 Å². The zero-order valence-electron chi connectivity index (χ0n) is 19.4. The van der Waals surface area contributed by atoms with Crippen molar-refractivity contribution in [2.45, 2.75) is 33.7 Å². The van der Waals surface area contributed by atoms with Crippen LogP contribution in [0.4, 0.5) is 11.4 Å². The van der Waals surface area contributed by atoms with Gasteiger partial charge >= 0.3 is 0 Å². The van der Waals surface area contributed by atoms with Crippen LogP contribution in [0.3, 0.4) is 0 Å². The molecule has 0 bridgehead atoms. The van der Waals surface area contributed by atoms with E-state index in [0.29, 0.717) is 11.4 Å². The van der Waals surface area contributed by atoms with Gasteiger partial charge in [-0.3, -0.25) is 9.79 Å². The van der Waals surface area contributed by atoms with Crippen molar-refractivity contribution in [1.82, 2.24) is 4.68 Å². The maximum absolute atomic E-state index is 11.7. The minimum atomic E-state index is -0.153. The highest BCUT2D eigenvalue weighted by Crippen LogP contribution is 2.32. The predicted octanol–water partition coefficient (Wildman–Crippen LogP) is 4.59. The normalized spacial score (nSPS) is 13.8. The Hall–Kier alpha value is -3.39. The van der Waals surface area contributed by atoms with Crippen LogP contribution in [-0.4, -0.2) is 42.5 Å². The Morgan fingerprint density at radius 3 is 2.64 bits per heavy atom. The lowest BCUT2D eigenvalue weighted by Gasteiger charge is -2.20. The molecule has 33 heavy (non-hydrogen) atoms. The molecule has 1 aromatic heterocycles. The highest BCUT2D eigenvalue weighted by atomic mass is 32.1. The fraction of sp³-hybridized carbons (Fsp3) is 0.320. The van der Waals surface area contributed by atoms with Crippen molar-refractivity contribution in [3.05, 3.63) is 58.2 Å². The first-order chi connectivity index (χ1) is 16.0. The van der Waals surface area contributed by atoms with Crippen molar-refractivity contribution in [2.75, 3.05) is 29.9 Å². The molecular weight excluding hydrogens is 434 g/mol. The molecule has 7 nitrogen and oxygen atoms in total. The lowest BCUT2D eigenvalue weighted by molar-refractivity contribution is -0.118. The third-order valence-corrected chi connectivity index (χ3v) is 6.14. The zero-order valence-corrected chi connectivity index (χ0v) is 20.2. The summed E-state index contributed by atoms with van der Waals surface area (Å²) in [6.07, 6.45) is 1.85. The summed E-state index contributed by atoms with van der Waals surface area (Å²) >= 11 is 1.54. The Morgan fingerprint density at radius 1 is 1.18 bits per heavy atom. The van der Waals surface area contributed by atoms with Gasteiger partial charge in [-0.25, -0.2) is 4.68 Å². The fourth-order valence-electron chi connectivity index (χ4n) is 3.65. The number of thiazole rings is 1. The molecule has 172 valence electrons. The van der Waals surface area contributed by atoms with Crippen molar-refractivity contribution in [2.24, 2.45) is 10.1 Å². The van der Waals surface area contributed by atoms with Gasteiger partial charge in [0, 0.05) is 35.8 Å². The van der Waals surface area contributed by atoms with E-state index in [1.807, 2.05) is 48.3 Å². The van der Waals surface area contributed by atoms with Crippen molar-refractivity contribution in [3.8, 4) is 17.0 Å². The van der Waals surface area contributed by atoms with E-state index in [2.05, 4.69) is 48.3 Å². The quantitative estimate of drug-likeness (QED) is 0.521. The van der Waals surface area contributed by atoms with Crippen LogP contribution >= 0.6 is 11.3 Å². The molecule has 0 saturated heterocycles. The molecule has 0 spiro atoms. The molecule has 1 aliphatic rings. The minimum absolute atomic E-state index is 0.0412. The maximum atomic E-state index is 11.7. The Bertz CT molecular complexity index is 1220. The molecular formula is C25H29N5O2S. The topological polar surface area (TPSA) is 71.2 Å². The summed E-state index contributed by atoms with van der Waals surface area (Å²) in [5.41, 5.74) is 4.71. The van der Waals surface area contributed by atoms with Gasteiger partial charge in [0.05, 0.1) is 17.6 Å². The molecule has 3 aromatic rings. The molecule has 0 fully saturated rings. The van der Waals surface area contributed by atoms with Gasteiger partial charge in [0.25, 0.3) is 5.91 Å². The Labute approximate surface area is 198 Å². The number of hydrogen-bond acceptors (Lipinski definition) is 6. The number of benzene rings is 2. The van der Waals surface area contributed by atoms with Crippen LogP contribution < -0.4 is 19.8 Å². The number of aromatic nitrogens is 1. The molecule has 2 aromatic carbocycles. The number of ether oxygens (including phenoxy) is 1. The van der Waals surface area contributed by atoms with Gasteiger partial charge in [0.15, 0.2) is 6.61 Å². The number of nitrogens with one attached hydrogen (secondary N) is 1. The van der Waals surface area contributed by atoms with Crippen molar-refractivity contribution >= 4 is 34.8 Å². The van der Waals surface area contributed by atoms with Gasteiger partial charge in [0.2, 0.25) is 4.80 Å². The van der Waals surface area contributed by atoms with E-state index < -0.39 is 0 Å². The lowest BCUT2D eigenvalue weighted by atomic mass is 10.1. The standard InChI is InChI=1S/C25H29N5O2S/c1-5-29(6-2)20-10-7-18(8-11-20)14-26-30-22(16-33-25(30)27-17(3)4)19-9-12-23-21(13-19)28-24(31)15-32-23/h7-14,16-17H,5-6,15H2,1-4H3,(H,28,31). The average Bonchev–Trinajstić information content (AvgIpc) is 3.20. The summed E-state index contributed by atoms with van der Waals surface area (Å²) in [4.78, 5) is 19.6. The van der Waals surface area contributed by atoms with E-state index in [4.69, 9.17) is 14.8 Å². The molecule has 0 unspecified atom stereocenters. The van der Waals surface area contributed by atoms with Crippen LogP contribution in [0.2, 0.25) is 0 Å². The van der Waals surface area contributed by atoms with E-state index >= 15 is 0 Å². The largest absolute Gasteiger partial charge is 0.482 e. The van der Waals surface area contributed by atoms with E-state index in [-0.39, 0.29) is 18.6 Å². The predicted molar refractivity (Wildman–Crippen MR) is 136 cm³/mol. The Balaban J connectivity index is 1.70. The summed E-state index contributed by atoms with van der Waals surface area (Å²) in [5, 5.41) is 9.70. The Morgan fingerprint density at radius 2 is 1.94 bits per heavy atom. The van der Waals surface area contributed by atoms with E-state index in [0.717, 1.165) is 34.7 Å². The number of nitrogens with zero attached hydrogens (tertiary/aromatic N) is 4. The molecule has 0 radical (unpaired) electrons. The van der Waals surface area contributed by atoms with Gasteiger partial charge in [-0.2, -0.15) is 5.10 Å². The first-order valence-corrected chi connectivity index (χ1v) is 12.1. The lowest BCUT2D eigenvalue weighted by Crippen LogP contribution is -2.25. The molecule has 8 heteroatoms. The second kappa shape index (κ2) is 10.0. The van der Waals surface area contributed by atoms with Crippen LogP contribution in [0.15, 0.2) is 57.9 Å². The van der Waals surface area contributed by atoms with E-state index in [9.17, 15) is 4.79 Å². The maximum Gasteiger partial charge on any atom is 0.262 e. The van der Waals surface area contributed by atoms with Crippen LogP contribution in [0, 0.1) is 0 Å². The third-order valence-electron chi connectivity index (χ3n) is 5.31. The highest BCUT2D eigenvalue weighted by Gasteiger charge is 2.18. The first-order valence-electron chi connectivity index (χ1n) is 11.2. The number of anilines is 2. The highest BCUT2D eigenvalue weighted by molar-refractivity contribution is 7.07. The molecule has 4 rings (SSSR count). The number of rotatable bonds is 7. The van der Waals surface area contributed by atoms with Crippen LogP contribution in [0.25, 0.3) is 11.3 Å². The third kappa shape index (κ3) is 5.17. The molecule has 1 amide bonds. The van der Waals surface area contributed by atoms with E-state index in [1.165, 1.54) is 5.69 Å². The summed E-state index contributed by atoms with van der Waals surface area (Å²) in [5.74, 6) is 0.517. The van der Waals surface area contributed by atoms with Crippen LogP contribution in [0.1, 0.15) is 33.3 Å². The smallest absolute Gasteiger partial charge is 0.262 e. The fourth-order valence-corrected chi connectivity index (χ4v) is 4.62. The van der Waals surface area contributed by atoms with Crippen molar-refractivity contribution in [3.63, 3.8) is 0 Å². The molecule has 0 aliphatic carbocycles. The molecule has 1 N–H and O–H groups in total. The van der Waals surface area contributed by atoms with Gasteiger partial charge < -0.3 is 15.0 Å². The second-order valence-corrected chi connectivity index (χ2v) is 8.83. The Kier molecular flexibility index (Phi) is 6.93. The van der Waals surface area contributed by atoms with Crippen molar-refractivity contribution in [1.29, 1.82) is 0 Å². The molecule has 2 heterocycles. The SMILES string of the molecule is CCN(CC)c1ccc(C=Nn2c(-c3ccc4c(c3)NC(=O)CO4)csc2=NC(C)C)cc1. The summed E-state index contributed by atoms with van der Waals surface area (Å²) in [7, 11) is 0. The average molecular weight is 464 g/mol. The number of carbonyl (C=O) groups is 1. The molecule has 1 aliphatic heterocycles. The number of amides is 1. The number of carbonyl (C=O) groups excluding carboxylic acids is 1. The molecule has 0 saturated carbocycles. The second-order valence-electron chi connectivity index (χ2n) is 7.99. The summed E-state index contributed by atoms with van der Waals surface area (Å²) in [6.45, 7) is 10.4. The first kappa shape index (κ1) is 22.8. The van der Waals surface area contributed by atoms with Crippen LogP contribution in [-0.2, 0) is 4.79 Å². The summed E-state index contributed by atoms with van der Waals surface area (Å²) in [6, 6.07) is 14.3. The van der Waals surface area contributed by atoms with Gasteiger partial charge in [-0.1, -0.05) is 12.1 Å². The summed E-state index contributed by atoms with van der Waals surface area (Å²) < 4.78 is 7.35. The van der Waals surface area contributed by atoms with Gasteiger partial charge in [-0.05, 0) is 63.6 Å². The van der Waals surface area contributed by atoms with Gasteiger partial charge in [0.1, 0.15) is 5.75 Å². The zero-order chi connectivity index (χ0) is 23.4.